The van der Waals surface area contributed by atoms with Gasteiger partial charge in [-0.2, -0.15) is 9.44 Å². The van der Waals surface area contributed by atoms with E-state index in [2.05, 4.69) is 29.9 Å². The van der Waals surface area contributed by atoms with Gasteiger partial charge in [-0.25, -0.2) is 16.8 Å². The number of benzene rings is 4. The standard InChI is InChI=1S/2C21H25N3O6S/c2*1-15-2-8-18(9-3-15)31(28,29)23-19(14-20(25)26)21(27)22-16-4-6-17(7-5-16)24-10-12-30-13-11-24/h2*2-9,19,23H,10-14H2,1H3,(H,22,27)(H,25,26)/t2*19-/m00/s1. The summed E-state index contributed by atoms with van der Waals surface area (Å²) in [6.45, 7) is 9.31. The number of carbonyl (C=O) groups is 4. The molecule has 0 aromatic heterocycles. The zero-order chi connectivity index (χ0) is 44.9. The van der Waals surface area contributed by atoms with Crippen LogP contribution in [-0.2, 0) is 48.7 Å². The molecule has 20 heteroatoms. The quantitative estimate of drug-likeness (QED) is 0.0946. The Labute approximate surface area is 360 Å². The molecule has 0 radical (unpaired) electrons. The number of nitrogens with one attached hydrogen (secondary N) is 4. The molecule has 6 N–H and O–H groups in total. The number of carboxylic acid groups (broad SMARTS) is 2. The average Bonchev–Trinajstić information content (AvgIpc) is 3.24. The fourth-order valence-electron chi connectivity index (χ4n) is 6.28. The van der Waals surface area contributed by atoms with E-state index in [1.54, 1.807) is 48.5 Å². The van der Waals surface area contributed by atoms with Gasteiger partial charge in [-0.15, -0.1) is 0 Å². The smallest absolute Gasteiger partial charge is 0.305 e. The van der Waals surface area contributed by atoms with E-state index >= 15 is 0 Å². The Morgan fingerprint density at radius 2 is 0.839 bits per heavy atom. The second-order valence-corrected chi connectivity index (χ2v) is 17.9. The third-order valence-electron chi connectivity index (χ3n) is 9.67. The van der Waals surface area contributed by atoms with Crippen molar-refractivity contribution in [2.75, 3.05) is 73.0 Å². The van der Waals surface area contributed by atoms with Crippen LogP contribution >= 0.6 is 0 Å². The lowest BCUT2D eigenvalue weighted by Crippen LogP contribution is -2.45. The van der Waals surface area contributed by atoms with E-state index in [1.165, 1.54) is 24.3 Å². The van der Waals surface area contributed by atoms with E-state index in [9.17, 15) is 36.0 Å². The van der Waals surface area contributed by atoms with E-state index < -0.39 is 68.7 Å². The Kier molecular flexibility index (Phi) is 16.5. The number of hydrogen-bond acceptors (Lipinski definition) is 12. The SMILES string of the molecule is Cc1ccc(S(=O)(=O)N[C@@H](CC(=O)O)C(=O)Nc2ccc(N3CCOCC3)cc2)cc1.Cc1ccc(S(=O)(=O)N[C@@H](CC(=O)O)C(=O)Nc2ccc(N3CCOCC3)cc2)cc1. The summed E-state index contributed by atoms with van der Waals surface area (Å²) in [7, 11) is -8.15. The van der Waals surface area contributed by atoms with Gasteiger partial charge < -0.3 is 40.1 Å². The number of carboxylic acids is 2. The highest BCUT2D eigenvalue weighted by molar-refractivity contribution is 7.89. The molecule has 18 nitrogen and oxygen atoms in total. The van der Waals surface area contributed by atoms with Gasteiger partial charge in [-0.3, -0.25) is 19.2 Å². The minimum atomic E-state index is -4.07. The van der Waals surface area contributed by atoms with Crippen molar-refractivity contribution in [2.24, 2.45) is 0 Å². The number of sulfonamides is 2. The van der Waals surface area contributed by atoms with Crippen LogP contribution in [0.25, 0.3) is 0 Å². The number of aliphatic carboxylic acids is 2. The molecule has 2 aliphatic rings. The van der Waals surface area contributed by atoms with Crippen LogP contribution in [0.1, 0.15) is 24.0 Å². The summed E-state index contributed by atoms with van der Waals surface area (Å²) < 4.78 is 65.5. The molecular formula is C42H50N6O12S2. The molecule has 0 unspecified atom stereocenters. The van der Waals surface area contributed by atoms with Crippen LogP contribution in [0.15, 0.2) is 107 Å². The Morgan fingerprint density at radius 1 is 0.532 bits per heavy atom. The van der Waals surface area contributed by atoms with E-state index in [-0.39, 0.29) is 9.79 Å². The summed E-state index contributed by atoms with van der Waals surface area (Å²) in [5.41, 5.74) is 4.57. The summed E-state index contributed by atoms with van der Waals surface area (Å²) >= 11 is 0. The van der Waals surface area contributed by atoms with Gasteiger partial charge in [-0.05, 0) is 86.6 Å². The van der Waals surface area contributed by atoms with Gasteiger partial charge in [0.25, 0.3) is 0 Å². The maximum atomic E-state index is 12.7. The van der Waals surface area contributed by atoms with Crippen molar-refractivity contribution >= 4 is 66.5 Å². The summed E-state index contributed by atoms with van der Waals surface area (Å²) in [5, 5.41) is 23.5. The summed E-state index contributed by atoms with van der Waals surface area (Å²) in [6, 6.07) is 23.3. The van der Waals surface area contributed by atoms with Crippen LogP contribution in [0.5, 0.6) is 0 Å². The van der Waals surface area contributed by atoms with Gasteiger partial charge in [0.2, 0.25) is 31.9 Å². The van der Waals surface area contributed by atoms with E-state index in [1.807, 2.05) is 38.1 Å². The number of nitrogens with zero attached hydrogens (tertiary/aromatic N) is 2. The fraction of sp³-hybridized carbons (Fsp3) is 0.333. The summed E-state index contributed by atoms with van der Waals surface area (Å²) in [6.07, 6.45) is -1.38. The number of amides is 2. The molecule has 0 saturated carbocycles. The van der Waals surface area contributed by atoms with Gasteiger partial charge >= 0.3 is 11.9 Å². The number of hydrogen-bond donors (Lipinski definition) is 6. The van der Waals surface area contributed by atoms with Crippen molar-refractivity contribution in [3.63, 3.8) is 0 Å². The first-order chi connectivity index (χ1) is 29.5. The van der Waals surface area contributed by atoms with Crippen LogP contribution < -0.4 is 29.9 Å². The lowest BCUT2D eigenvalue weighted by atomic mass is 10.2. The number of anilines is 4. The minimum Gasteiger partial charge on any atom is -0.481 e. The predicted octanol–water partition coefficient (Wildman–Crippen LogP) is 3.18. The molecule has 0 spiro atoms. The predicted molar refractivity (Wildman–Crippen MR) is 231 cm³/mol. The van der Waals surface area contributed by atoms with Crippen molar-refractivity contribution in [3.05, 3.63) is 108 Å². The number of ether oxygens (including phenoxy) is 2. The maximum absolute atomic E-state index is 12.7. The Balaban J connectivity index is 0.000000234. The number of morpholine rings is 2. The highest BCUT2D eigenvalue weighted by Gasteiger charge is 2.30. The normalized spacial score (nSPS) is 15.3. The number of rotatable bonds is 16. The zero-order valence-electron chi connectivity index (χ0n) is 34.2. The highest BCUT2D eigenvalue weighted by atomic mass is 32.2. The monoisotopic (exact) mass is 894 g/mol. The molecule has 332 valence electrons. The fourth-order valence-corrected chi connectivity index (χ4v) is 8.67. The van der Waals surface area contributed by atoms with Crippen LogP contribution in [-0.4, -0.2) is 115 Å². The molecule has 62 heavy (non-hydrogen) atoms. The van der Waals surface area contributed by atoms with Crippen molar-refractivity contribution in [1.82, 2.24) is 9.44 Å². The molecule has 2 fully saturated rings. The van der Waals surface area contributed by atoms with Gasteiger partial charge in [0.1, 0.15) is 12.1 Å². The Morgan fingerprint density at radius 3 is 1.13 bits per heavy atom. The molecule has 2 saturated heterocycles. The second kappa shape index (κ2) is 21.8. The highest BCUT2D eigenvalue weighted by Crippen LogP contribution is 2.22. The van der Waals surface area contributed by atoms with Crippen molar-refractivity contribution < 1.29 is 55.7 Å². The molecule has 4 aromatic rings. The molecule has 2 amide bonds. The molecule has 4 aromatic carbocycles. The van der Waals surface area contributed by atoms with Gasteiger partial charge in [0.05, 0.1) is 49.1 Å². The first-order valence-corrected chi connectivity index (χ1v) is 22.5. The Bertz CT molecular complexity index is 2200. The third kappa shape index (κ3) is 14.1. The molecule has 2 aliphatic heterocycles. The van der Waals surface area contributed by atoms with E-state index in [0.29, 0.717) is 37.8 Å². The molecule has 6 rings (SSSR count). The molecule has 0 aliphatic carbocycles. The summed E-state index contributed by atoms with van der Waals surface area (Å²) in [5.74, 6) is -4.10. The first-order valence-electron chi connectivity index (χ1n) is 19.6. The second-order valence-electron chi connectivity index (χ2n) is 14.4. The molecule has 0 bridgehead atoms. The van der Waals surface area contributed by atoms with Crippen LogP contribution in [0.4, 0.5) is 22.7 Å². The molecule has 2 heterocycles. The number of carbonyl (C=O) groups excluding carboxylic acids is 2. The Hall–Kier alpha value is -5.90. The topological polar surface area (TPSA) is 250 Å². The van der Waals surface area contributed by atoms with Crippen LogP contribution in [0.2, 0.25) is 0 Å². The lowest BCUT2D eigenvalue weighted by molar-refractivity contribution is -0.139. The lowest BCUT2D eigenvalue weighted by Gasteiger charge is -2.29. The van der Waals surface area contributed by atoms with Crippen molar-refractivity contribution in [1.29, 1.82) is 0 Å². The van der Waals surface area contributed by atoms with E-state index in [4.69, 9.17) is 19.7 Å². The van der Waals surface area contributed by atoms with Crippen molar-refractivity contribution in [2.45, 2.75) is 48.6 Å². The van der Waals surface area contributed by atoms with Gasteiger partial charge in [-0.1, -0.05) is 35.4 Å². The van der Waals surface area contributed by atoms with Gasteiger partial charge in [0.15, 0.2) is 0 Å². The first kappa shape index (κ1) is 47.2. The average molecular weight is 895 g/mol. The largest absolute Gasteiger partial charge is 0.481 e. The van der Waals surface area contributed by atoms with Gasteiger partial charge in [0, 0.05) is 48.9 Å². The molecular weight excluding hydrogens is 845 g/mol. The maximum Gasteiger partial charge on any atom is 0.305 e. The third-order valence-corrected chi connectivity index (χ3v) is 12.6. The summed E-state index contributed by atoms with van der Waals surface area (Å²) in [4.78, 5) is 52.0. The van der Waals surface area contributed by atoms with Crippen LogP contribution in [0.3, 0.4) is 0 Å². The zero-order valence-corrected chi connectivity index (χ0v) is 35.8. The molecule has 2 atom stereocenters. The number of aryl methyl sites for hydroxylation is 2. The van der Waals surface area contributed by atoms with E-state index in [0.717, 1.165) is 48.7 Å². The minimum absolute atomic E-state index is 0.0452. The van der Waals surface area contributed by atoms with Crippen molar-refractivity contribution in [3.8, 4) is 0 Å². The van der Waals surface area contributed by atoms with Crippen LogP contribution in [0, 0.1) is 13.8 Å².